The topological polar surface area (TPSA) is 32.8 Å². The highest BCUT2D eigenvalue weighted by Crippen LogP contribution is 2.33. The second-order valence-electron chi connectivity index (χ2n) is 5.66. The summed E-state index contributed by atoms with van der Waals surface area (Å²) >= 11 is 0. The van der Waals surface area contributed by atoms with Crippen LogP contribution in [-0.4, -0.2) is 54.6 Å². The minimum Gasteiger partial charge on any atom is -0.383 e. The van der Waals surface area contributed by atoms with Gasteiger partial charge in [0, 0.05) is 45.2 Å². The van der Waals surface area contributed by atoms with E-state index in [-0.39, 0.29) is 5.91 Å². The highest BCUT2D eigenvalue weighted by atomic mass is 16.5. The maximum Gasteiger partial charge on any atom is 0.224 e. The third kappa shape index (κ3) is 2.58. The second kappa shape index (κ2) is 5.94. The normalized spacial score (nSPS) is 26.2. The van der Waals surface area contributed by atoms with Crippen LogP contribution < -0.4 is 0 Å². The van der Waals surface area contributed by atoms with Crippen molar-refractivity contribution in [1.82, 2.24) is 9.80 Å². The van der Waals surface area contributed by atoms with Crippen LogP contribution in [-0.2, 0) is 16.1 Å². The van der Waals surface area contributed by atoms with Gasteiger partial charge in [-0.05, 0) is 12.0 Å². The Labute approximate surface area is 120 Å². The van der Waals surface area contributed by atoms with Gasteiger partial charge in [0.25, 0.3) is 0 Å². The van der Waals surface area contributed by atoms with E-state index in [4.69, 9.17) is 4.74 Å². The third-order valence-corrected chi connectivity index (χ3v) is 4.49. The molecule has 0 aliphatic carbocycles. The Hall–Kier alpha value is -1.39. The summed E-state index contributed by atoms with van der Waals surface area (Å²) in [6.07, 6.45) is 1.76. The SMILES string of the molecule is COCCN1C(=O)CC2C1CCN2Cc1ccccc1. The summed E-state index contributed by atoms with van der Waals surface area (Å²) in [7, 11) is 1.69. The number of rotatable bonds is 5. The van der Waals surface area contributed by atoms with Crippen molar-refractivity contribution in [2.45, 2.75) is 31.5 Å². The predicted octanol–water partition coefficient (Wildman–Crippen LogP) is 1.51. The first-order chi connectivity index (χ1) is 9.79. The average molecular weight is 274 g/mol. The maximum absolute atomic E-state index is 12.1. The predicted molar refractivity (Wildman–Crippen MR) is 77.3 cm³/mol. The third-order valence-electron chi connectivity index (χ3n) is 4.49. The van der Waals surface area contributed by atoms with Gasteiger partial charge in [-0.1, -0.05) is 30.3 Å². The van der Waals surface area contributed by atoms with Gasteiger partial charge in [0.15, 0.2) is 0 Å². The second-order valence-corrected chi connectivity index (χ2v) is 5.66. The summed E-state index contributed by atoms with van der Waals surface area (Å²) in [6.45, 7) is 3.40. The van der Waals surface area contributed by atoms with E-state index < -0.39 is 0 Å². The van der Waals surface area contributed by atoms with E-state index in [0.29, 0.717) is 25.1 Å². The van der Waals surface area contributed by atoms with Crippen LogP contribution in [0.15, 0.2) is 30.3 Å². The first-order valence-corrected chi connectivity index (χ1v) is 7.36. The number of benzene rings is 1. The molecule has 2 aliphatic rings. The van der Waals surface area contributed by atoms with Crippen molar-refractivity contribution in [2.75, 3.05) is 26.8 Å². The zero-order chi connectivity index (χ0) is 13.9. The Morgan fingerprint density at radius 1 is 1.25 bits per heavy atom. The lowest BCUT2D eigenvalue weighted by Gasteiger charge is -2.25. The van der Waals surface area contributed by atoms with E-state index in [9.17, 15) is 4.79 Å². The van der Waals surface area contributed by atoms with Gasteiger partial charge in [-0.2, -0.15) is 0 Å². The van der Waals surface area contributed by atoms with Gasteiger partial charge in [-0.15, -0.1) is 0 Å². The number of amides is 1. The molecule has 0 aromatic heterocycles. The summed E-state index contributed by atoms with van der Waals surface area (Å²) in [5.74, 6) is 0.287. The lowest BCUT2D eigenvalue weighted by molar-refractivity contribution is -0.129. The van der Waals surface area contributed by atoms with Crippen molar-refractivity contribution in [3.05, 3.63) is 35.9 Å². The number of ether oxygens (including phenoxy) is 1. The molecule has 20 heavy (non-hydrogen) atoms. The molecule has 2 atom stereocenters. The number of carbonyl (C=O) groups is 1. The molecule has 1 aromatic carbocycles. The highest BCUT2D eigenvalue weighted by Gasteiger charge is 2.46. The number of carbonyl (C=O) groups excluding carboxylic acids is 1. The molecule has 1 aromatic rings. The fourth-order valence-electron chi connectivity index (χ4n) is 3.50. The number of nitrogens with zero attached hydrogens (tertiary/aromatic N) is 2. The molecular formula is C16H22N2O2. The Balaban J connectivity index is 1.65. The van der Waals surface area contributed by atoms with E-state index in [1.54, 1.807) is 7.11 Å². The smallest absolute Gasteiger partial charge is 0.224 e. The largest absolute Gasteiger partial charge is 0.383 e. The van der Waals surface area contributed by atoms with Crippen LogP contribution in [0.25, 0.3) is 0 Å². The summed E-state index contributed by atoms with van der Waals surface area (Å²) in [4.78, 5) is 16.6. The summed E-state index contributed by atoms with van der Waals surface area (Å²) in [6, 6.07) is 11.3. The van der Waals surface area contributed by atoms with E-state index in [0.717, 1.165) is 26.1 Å². The molecule has 0 spiro atoms. The van der Waals surface area contributed by atoms with Crippen molar-refractivity contribution >= 4 is 5.91 Å². The van der Waals surface area contributed by atoms with Crippen LogP contribution in [0.5, 0.6) is 0 Å². The lowest BCUT2D eigenvalue weighted by Crippen LogP contribution is -2.38. The van der Waals surface area contributed by atoms with Crippen molar-refractivity contribution in [1.29, 1.82) is 0 Å². The Kier molecular flexibility index (Phi) is 4.03. The zero-order valence-electron chi connectivity index (χ0n) is 12.0. The number of methoxy groups -OCH3 is 1. The Bertz CT molecular complexity index is 463. The summed E-state index contributed by atoms with van der Waals surface area (Å²) in [5.41, 5.74) is 1.33. The van der Waals surface area contributed by atoms with E-state index in [2.05, 4.69) is 29.2 Å². The van der Waals surface area contributed by atoms with Crippen molar-refractivity contribution in [3.8, 4) is 0 Å². The molecule has 0 radical (unpaired) electrons. The molecular weight excluding hydrogens is 252 g/mol. The first-order valence-electron chi connectivity index (χ1n) is 7.36. The molecule has 3 rings (SSSR count). The average Bonchev–Trinajstić information content (AvgIpc) is 2.98. The van der Waals surface area contributed by atoms with Gasteiger partial charge in [0.2, 0.25) is 5.91 Å². The maximum atomic E-state index is 12.1. The van der Waals surface area contributed by atoms with Gasteiger partial charge < -0.3 is 9.64 Å². The monoisotopic (exact) mass is 274 g/mol. The standard InChI is InChI=1S/C16H22N2O2/c1-20-10-9-18-14-7-8-17(15(14)11-16(18)19)12-13-5-3-2-4-6-13/h2-6,14-15H,7-12H2,1H3. The molecule has 0 saturated carbocycles. The Morgan fingerprint density at radius 3 is 2.80 bits per heavy atom. The summed E-state index contributed by atoms with van der Waals surface area (Å²) in [5, 5.41) is 0. The van der Waals surface area contributed by atoms with Crippen LogP contribution in [0.1, 0.15) is 18.4 Å². The number of fused-ring (bicyclic) bond motifs is 1. The zero-order valence-corrected chi connectivity index (χ0v) is 12.0. The van der Waals surface area contributed by atoms with Crippen LogP contribution in [0.3, 0.4) is 0 Å². The first kappa shape index (κ1) is 13.6. The van der Waals surface area contributed by atoms with Gasteiger partial charge in [0.1, 0.15) is 0 Å². The molecule has 2 unspecified atom stereocenters. The van der Waals surface area contributed by atoms with Crippen molar-refractivity contribution in [3.63, 3.8) is 0 Å². The molecule has 0 bridgehead atoms. The van der Waals surface area contributed by atoms with E-state index in [1.807, 2.05) is 11.0 Å². The number of hydrogen-bond donors (Lipinski definition) is 0. The van der Waals surface area contributed by atoms with Crippen LogP contribution in [0, 0.1) is 0 Å². The van der Waals surface area contributed by atoms with Crippen LogP contribution in [0.4, 0.5) is 0 Å². The molecule has 108 valence electrons. The minimum absolute atomic E-state index is 0.287. The summed E-state index contributed by atoms with van der Waals surface area (Å²) < 4.78 is 5.12. The fraction of sp³-hybridized carbons (Fsp3) is 0.562. The molecule has 2 aliphatic heterocycles. The van der Waals surface area contributed by atoms with Gasteiger partial charge >= 0.3 is 0 Å². The van der Waals surface area contributed by atoms with Crippen molar-refractivity contribution in [2.24, 2.45) is 0 Å². The molecule has 4 nitrogen and oxygen atoms in total. The minimum atomic E-state index is 0.287. The van der Waals surface area contributed by atoms with Gasteiger partial charge in [-0.3, -0.25) is 9.69 Å². The van der Waals surface area contributed by atoms with Crippen molar-refractivity contribution < 1.29 is 9.53 Å². The van der Waals surface area contributed by atoms with Crippen LogP contribution in [0.2, 0.25) is 0 Å². The molecule has 2 saturated heterocycles. The quantitative estimate of drug-likeness (QED) is 0.816. The van der Waals surface area contributed by atoms with E-state index in [1.165, 1.54) is 5.56 Å². The number of hydrogen-bond acceptors (Lipinski definition) is 3. The fourth-order valence-corrected chi connectivity index (χ4v) is 3.50. The Morgan fingerprint density at radius 2 is 2.05 bits per heavy atom. The molecule has 1 amide bonds. The molecule has 4 heteroatoms. The van der Waals surface area contributed by atoms with Crippen LogP contribution >= 0.6 is 0 Å². The molecule has 0 N–H and O–H groups in total. The highest BCUT2D eigenvalue weighted by molar-refractivity contribution is 5.80. The van der Waals surface area contributed by atoms with Gasteiger partial charge in [0.05, 0.1) is 6.61 Å². The van der Waals surface area contributed by atoms with Gasteiger partial charge in [-0.25, -0.2) is 0 Å². The number of likely N-dealkylation sites (tertiary alicyclic amines) is 2. The molecule has 2 fully saturated rings. The molecule has 2 heterocycles. The lowest BCUT2D eigenvalue weighted by atomic mass is 10.1. The van der Waals surface area contributed by atoms with E-state index >= 15 is 0 Å².